The van der Waals surface area contributed by atoms with E-state index in [0.29, 0.717) is 5.56 Å². The van der Waals surface area contributed by atoms with Gasteiger partial charge in [-0.05, 0) is 24.3 Å². The number of aromatic nitrogens is 4. The fourth-order valence-electron chi connectivity index (χ4n) is 2.39. The van der Waals surface area contributed by atoms with E-state index in [1.807, 2.05) is 0 Å². The second kappa shape index (κ2) is 6.52. The molecule has 9 heteroatoms. The maximum Gasteiger partial charge on any atom is 0.282 e. The van der Waals surface area contributed by atoms with Gasteiger partial charge >= 0.3 is 0 Å². The Morgan fingerprint density at radius 1 is 0.963 bits per heavy atom. The van der Waals surface area contributed by atoms with Crippen LogP contribution in [0, 0.1) is 17.5 Å². The Morgan fingerprint density at radius 2 is 1.81 bits per heavy atom. The lowest BCUT2D eigenvalue weighted by Gasteiger charge is -2.06. The van der Waals surface area contributed by atoms with Crippen LogP contribution in [0.1, 0.15) is 0 Å². The lowest BCUT2D eigenvalue weighted by atomic mass is 10.2. The Balaban J connectivity index is 1.76. The van der Waals surface area contributed by atoms with Gasteiger partial charge < -0.3 is 4.52 Å². The third-order valence-electron chi connectivity index (χ3n) is 3.69. The SMILES string of the molecule is O=c1ccn(-c2ccc(F)c(F)c2)nc1-c1nc(-c2cccc(F)c2)no1. The molecule has 2 aromatic heterocycles. The minimum absolute atomic E-state index is 0.0777. The molecule has 0 bridgehead atoms. The molecule has 134 valence electrons. The monoisotopic (exact) mass is 370 g/mol. The summed E-state index contributed by atoms with van der Waals surface area (Å²) in [5.41, 5.74) is -0.137. The minimum Gasteiger partial charge on any atom is -0.332 e. The number of halogens is 3. The zero-order valence-corrected chi connectivity index (χ0v) is 13.4. The molecule has 0 aliphatic rings. The van der Waals surface area contributed by atoms with E-state index >= 15 is 0 Å². The number of hydrogen-bond donors (Lipinski definition) is 0. The Kier molecular flexibility index (Phi) is 4.03. The van der Waals surface area contributed by atoms with Crippen molar-refractivity contribution in [1.29, 1.82) is 0 Å². The van der Waals surface area contributed by atoms with Gasteiger partial charge in [-0.3, -0.25) is 4.79 Å². The number of rotatable bonds is 3. The van der Waals surface area contributed by atoms with Crippen molar-refractivity contribution in [2.24, 2.45) is 0 Å². The zero-order chi connectivity index (χ0) is 19.0. The second-order valence-electron chi connectivity index (χ2n) is 5.51. The van der Waals surface area contributed by atoms with E-state index in [1.54, 1.807) is 6.07 Å². The van der Waals surface area contributed by atoms with Gasteiger partial charge in [-0.15, -0.1) is 0 Å². The number of hydrogen-bond acceptors (Lipinski definition) is 5. The molecule has 0 saturated carbocycles. The largest absolute Gasteiger partial charge is 0.332 e. The van der Waals surface area contributed by atoms with Crippen LogP contribution in [-0.2, 0) is 0 Å². The van der Waals surface area contributed by atoms with Gasteiger partial charge in [0.05, 0.1) is 5.69 Å². The molecule has 0 N–H and O–H groups in total. The van der Waals surface area contributed by atoms with Gasteiger partial charge in [-0.2, -0.15) is 10.1 Å². The second-order valence-corrected chi connectivity index (χ2v) is 5.51. The van der Waals surface area contributed by atoms with Gasteiger partial charge in [-0.25, -0.2) is 17.9 Å². The Bertz CT molecular complexity index is 1200. The van der Waals surface area contributed by atoms with E-state index in [0.717, 1.165) is 12.1 Å². The molecule has 2 aromatic carbocycles. The summed E-state index contributed by atoms with van der Waals surface area (Å²) in [5.74, 6) is -2.64. The maximum absolute atomic E-state index is 13.4. The molecule has 2 heterocycles. The molecule has 6 nitrogen and oxygen atoms in total. The van der Waals surface area contributed by atoms with Crippen molar-refractivity contribution in [3.63, 3.8) is 0 Å². The molecule has 0 saturated heterocycles. The van der Waals surface area contributed by atoms with E-state index in [2.05, 4.69) is 15.2 Å². The van der Waals surface area contributed by atoms with Crippen molar-refractivity contribution in [1.82, 2.24) is 19.9 Å². The third kappa shape index (κ3) is 3.22. The van der Waals surface area contributed by atoms with E-state index in [4.69, 9.17) is 4.52 Å². The maximum atomic E-state index is 13.4. The van der Waals surface area contributed by atoms with Crippen molar-refractivity contribution in [3.8, 4) is 28.7 Å². The van der Waals surface area contributed by atoms with Crippen molar-refractivity contribution < 1.29 is 17.7 Å². The molecule has 0 atom stereocenters. The summed E-state index contributed by atoms with van der Waals surface area (Å²) in [6, 6.07) is 9.90. The molecule has 4 rings (SSSR count). The molecule has 0 fully saturated rings. The predicted molar refractivity (Wildman–Crippen MR) is 88.4 cm³/mol. The summed E-state index contributed by atoms with van der Waals surface area (Å²) >= 11 is 0. The summed E-state index contributed by atoms with van der Waals surface area (Å²) in [6.07, 6.45) is 1.29. The van der Waals surface area contributed by atoms with Crippen LogP contribution >= 0.6 is 0 Å². The molecule has 4 aromatic rings. The van der Waals surface area contributed by atoms with E-state index in [-0.39, 0.29) is 23.1 Å². The normalized spacial score (nSPS) is 10.9. The molecule has 27 heavy (non-hydrogen) atoms. The van der Waals surface area contributed by atoms with E-state index in [9.17, 15) is 18.0 Å². The first kappa shape index (κ1) is 16.7. The lowest BCUT2D eigenvalue weighted by Crippen LogP contribution is -2.13. The Hall–Kier alpha value is -3.75. The van der Waals surface area contributed by atoms with Crippen LogP contribution in [0.2, 0.25) is 0 Å². The van der Waals surface area contributed by atoms with Crippen molar-refractivity contribution in [2.45, 2.75) is 0 Å². The minimum atomic E-state index is -1.05. The number of benzene rings is 2. The quantitative estimate of drug-likeness (QED) is 0.553. The number of nitrogens with zero attached hydrogens (tertiary/aromatic N) is 4. The summed E-state index contributed by atoms with van der Waals surface area (Å²) in [4.78, 5) is 16.2. The summed E-state index contributed by atoms with van der Waals surface area (Å²) < 4.78 is 46.1. The topological polar surface area (TPSA) is 73.8 Å². The fourth-order valence-corrected chi connectivity index (χ4v) is 2.39. The standard InChI is InChI=1S/C18H9F3N4O2/c19-11-3-1-2-10(8-11)17-22-18(27-24-17)16-15(26)6-7-25(23-16)12-4-5-13(20)14(21)9-12/h1-9H. The van der Waals surface area contributed by atoms with Crippen LogP contribution in [0.4, 0.5) is 13.2 Å². The highest BCUT2D eigenvalue weighted by molar-refractivity contribution is 5.57. The first-order chi connectivity index (χ1) is 13.0. The molecule has 0 spiro atoms. The predicted octanol–water partition coefficient (Wildman–Crippen LogP) is 3.37. The highest BCUT2D eigenvalue weighted by Crippen LogP contribution is 2.20. The summed E-state index contributed by atoms with van der Waals surface area (Å²) in [6.45, 7) is 0. The molecular formula is C18H9F3N4O2. The molecule has 0 aliphatic heterocycles. The van der Waals surface area contributed by atoms with Crippen molar-refractivity contribution >= 4 is 0 Å². The van der Waals surface area contributed by atoms with Gasteiger partial charge in [0.2, 0.25) is 11.3 Å². The third-order valence-corrected chi connectivity index (χ3v) is 3.69. The summed E-state index contributed by atoms with van der Waals surface area (Å²) in [7, 11) is 0. The molecule has 0 amide bonds. The van der Waals surface area contributed by atoms with Crippen LogP contribution in [0.3, 0.4) is 0 Å². The highest BCUT2D eigenvalue weighted by Gasteiger charge is 2.16. The fraction of sp³-hybridized carbons (Fsp3) is 0. The van der Waals surface area contributed by atoms with Gasteiger partial charge in [-0.1, -0.05) is 17.3 Å². The average Bonchev–Trinajstić information content (AvgIpc) is 3.14. The lowest BCUT2D eigenvalue weighted by molar-refractivity contribution is 0.429. The zero-order valence-electron chi connectivity index (χ0n) is 13.4. The molecular weight excluding hydrogens is 361 g/mol. The van der Waals surface area contributed by atoms with Gasteiger partial charge in [0.25, 0.3) is 5.89 Å². The van der Waals surface area contributed by atoms with Gasteiger partial charge in [0.1, 0.15) is 5.82 Å². The van der Waals surface area contributed by atoms with E-state index in [1.165, 1.54) is 41.2 Å². The van der Waals surface area contributed by atoms with Crippen LogP contribution in [0.5, 0.6) is 0 Å². The van der Waals surface area contributed by atoms with Gasteiger partial charge in [0, 0.05) is 23.9 Å². The smallest absolute Gasteiger partial charge is 0.282 e. The van der Waals surface area contributed by atoms with E-state index < -0.39 is 22.9 Å². The molecule has 0 aliphatic carbocycles. The average molecular weight is 370 g/mol. The Morgan fingerprint density at radius 3 is 2.59 bits per heavy atom. The first-order valence-corrected chi connectivity index (χ1v) is 7.67. The summed E-state index contributed by atoms with van der Waals surface area (Å²) in [5, 5.41) is 7.78. The van der Waals surface area contributed by atoms with Crippen LogP contribution in [0.25, 0.3) is 28.7 Å². The van der Waals surface area contributed by atoms with Gasteiger partial charge in [0.15, 0.2) is 17.3 Å². The molecule has 0 radical (unpaired) electrons. The van der Waals surface area contributed by atoms with Crippen molar-refractivity contribution in [3.05, 3.63) is 82.4 Å². The molecule has 0 unspecified atom stereocenters. The highest BCUT2D eigenvalue weighted by atomic mass is 19.2. The van der Waals surface area contributed by atoms with Crippen molar-refractivity contribution in [2.75, 3.05) is 0 Å². The van der Waals surface area contributed by atoms with Crippen LogP contribution < -0.4 is 5.43 Å². The van der Waals surface area contributed by atoms with Crippen LogP contribution in [0.15, 0.2) is 64.0 Å². The Labute approximate surface area is 149 Å². The van der Waals surface area contributed by atoms with Crippen LogP contribution in [-0.4, -0.2) is 19.9 Å². The first-order valence-electron chi connectivity index (χ1n) is 7.67.